The minimum atomic E-state index is -3.46. The maximum absolute atomic E-state index is 13.3. The highest BCUT2D eigenvalue weighted by molar-refractivity contribution is 7.89. The van der Waals surface area contributed by atoms with Crippen LogP contribution in [0.1, 0.15) is 38.6 Å². The van der Waals surface area contributed by atoms with Crippen molar-refractivity contribution in [1.82, 2.24) is 14.3 Å². The zero-order chi connectivity index (χ0) is 25.4. The molecule has 0 radical (unpaired) electrons. The fourth-order valence-corrected chi connectivity index (χ4v) is 7.08. The molecule has 0 bridgehead atoms. The van der Waals surface area contributed by atoms with Crippen LogP contribution in [0.4, 0.5) is 5.13 Å². The van der Waals surface area contributed by atoms with Gasteiger partial charge in [-0.2, -0.15) is 9.57 Å². The highest BCUT2D eigenvalue weighted by Crippen LogP contribution is 2.36. The third kappa shape index (κ3) is 4.46. The monoisotopic (exact) mass is 525 g/mol. The second-order valence-corrected chi connectivity index (χ2v) is 11.8. The highest BCUT2D eigenvalue weighted by atomic mass is 32.2. The zero-order valence-corrected chi connectivity index (χ0v) is 21.3. The van der Waals surface area contributed by atoms with Gasteiger partial charge in [0, 0.05) is 34.5 Å². The smallest absolute Gasteiger partial charge is 0.259 e. The molecule has 4 heterocycles. The summed E-state index contributed by atoms with van der Waals surface area (Å²) >= 11 is 1.26. The number of nitriles is 1. The summed E-state index contributed by atoms with van der Waals surface area (Å²) in [7, 11) is -1.94. The first kappa shape index (κ1) is 24.3. The molecule has 0 unspecified atom stereocenters. The van der Waals surface area contributed by atoms with E-state index in [4.69, 9.17) is 9.47 Å². The number of benzene rings is 1. The predicted molar refractivity (Wildman–Crippen MR) is 133 cm³/mol. The topological polar surface area (TPSA) is 135 Å². The summed E-state index contributed by atoms with van der Waals surface area (Å²) in [5, 5.41) is 12.0. The van der Waals surface area contributed by atoms with Gasteiger partial charge >= 0.3 is 0 Å². The Morgan fingerprint density at radius 1 is 1.31 bits per heavy atom. The Hall–Kier alpha value is -3.37. The van der Waals surface area contributed by atoms with Gasteiger partial charge in [0.25, 0.3) is 5.91 Å². The number of nitrogens with zero attached hydrogens (tertiary/aromatic N) is 4. The Labute approximate surface area is 212 Å². The number of nitrogens with one attached hydrogen (secondary N) is 1. The van der Waals surface area contributed by atoms with Crippen molar-refractivity contribution < 1.29 is 22.7 Å². The minimum absolute atomic E-state index is 0.177. The fourth-order valence-electron chi connectivity index (χ4n) is 4.32. The molecule has 3 aromatic rings. The molecular weight excluding hydrogens is 502 g/mol. The normalized spacial score (nSPS) is 17.5. The van der Waals surface area contributed by atoms with Gasteiger partial charge in [-0.15, -0.1) is 0 Å². The van der Waals surface area contributed by atoms with E-state index in [1.807, 2.05) is 6.92 Å². The quantitative estimate of drug-likeness (QED) is 0.519. The molecule has 1 amide bonds. The second kappa shape index (κ2) is 9.59. The first-order chi connectivity index (χ1) is 17.3. The van der Waals surface area contributed by atoms with Crippen LogP contribution in [-0.2, 0) is 27.8 Å². The third-order valence-electron chi connectivity index (χ3n) is 6.22. The number of fused-ring (bicyclic) bond motifs is 1. The predicted octanol–water partition coefficient (Wildman–Crippen LogP) is 3.08. The van der Waals surface area contributed by atoms with Gasteiger partial charge in [0.2, 0.25) is 10.0 Å². The van der Waals surface area contributed by atoms with Crippen LogP contribution in [0, 0.1) is 18.3 Å². The number of amides is 1. The third-order valence-corrected chi connectivity index (χ3v) is 9.41. The van der Waals surface area contributed by atoms with E-state index >= 15 is 0 Å². The number of methoxy groups -OCH3 is 1. The highest BCUT2D eigenvalue weighted by Gasteiger charge is 2.39. The minimum Gasteiger partial charge on any atom is -0.496 e. The van der Waals surface area contributed by atoms with E-state index in [0.29, 0.717) is 57.6 Å². The van der Waals surface area contributed by atoms with E-state index in [1.54, 1.807) is 24.3 Å². The van der Waals surface area contributed by atoms with Crippen LogP contribution in [0.3, 0.4) is 0 Å². The average Bonchev–Trinajstić information content (AvgIpc) is 3.61. The van der Waals surface area contributed by atoms with Gasteiger partial charge in [-0.05, 0) is 37.6 Å². The zero-order valence-electron chi connectivity index (χ0n) is 19.6. The molecule has 0 saturated carbocycles. The summed E-state index contributed by atoms with van der Waals surface area (Å²) < 4.78 is 37.9. The lowest BCUT2D eigenvalue weighted by atomic mass is 9.97. The van der Waals surface area contributed by atoms with Crippen molar-refractivity contribution >= 4 is 32.4 Å². The average molecular weight is 526 g/mol. The Morgan fingerprint density at radius 3 is 2.83 bits per heavy atom. The van der Waals surface area contributed by atoms with Gasteiger partial charge in [0.05, 0.1) is 49.7 Å². The van der Waals surface area contributed by atoms with Gasteiger partial charge in [-0.25, -0.2) is 13.4 Å². The molecular formula is C24H23N5O5S2. The summed E-state index contributed by atoms with van der Waals surface area (Å²) in [5.41, 5.74) is 3.26. The number of thiazole rings is 1. The van der Waals surface area contributed by atoms with Crippen LogP contribution in [0.5, 0.6) is 5.75 Å². The first-order valence-electron chi connectivity index (χ1n) is 11.2. The number of hydrogen-bond acceptors (Lipinski definition) is 9. The number of pyridine rings is 1. The Bertz CT molecular complexity index is 1470. The number of anilines is 1. The molecule has 5 rings (SSSR count). The van der Waals surface area contributed by atoms with E-state index in [1.165, 1.54) is 28.9 Å². The van der Waals surface area contributed by atoms with Crippen LogP contribution in [0.2, 0.25) is 0 Å². The number of aryl methyl sites for hydroxylation is 1. The van der Waals surface area contributed by atoms with Crippen LogP contribution in [0.25, 0.3) is 11.1 Å². The molecule has 10 nitrogen and oxygen atoms in total. The molecule has 2 aliphatic heterocycles. The number of sulfonamides is 1. The van der Waals surface area contributed by atoms with Crippen LogP contribution >= 0.6 is 11.3 Å². The van der Waals surface area contributed by atoms with Crippen LogP contribution in [0.15, 0.2) is 30.5 Å². The summed E-state index contributed by atoms with van der Waals surface area (Å²) in [4.78, 5) is 22.9. The van der Waals surface area contributed by atoms with Gasteiger partial charge in [-0.3, -0.25) is 15.1 Å². The van der Waals surface area contributed by atoms with E-state index in [-0.39, 0.29) is 19.7 Å². The molecule has 36 heavy (non-hydrogen) atoms. The van der Waals surface area contributed by atoms with Crippen molar-refractivity contribution in [3.05, 3.63) is 57.9 Å². The maximum Gasteiger partial charge on any atom is 0.259 e. The molecule has 1 fully saturated rings. The lowest BCUT2D eigenvalue weighted by Crippen LogP contribution is -2.35. The number of ether oxygens (including phenoxy) is 2. The Balaban J connectivity index is 1.38. The molecule has 1 aromatic carbocycles. The number of carbonyl (C=O) groups excluding carboxylic acids is 1. The van der Waals surface area contributed by atoms with Gasteiger partial charge in [0.1, 0.15) is 11.0 Å². The lowest BCUT2D eigenvalue weighted by molar-refractivity contribution is 0.102. The Kier molecular flexibility index (Phi) is 6.48. The molecule has 186 valence electrons. The van der Waals surface area contributed by atoms with Crippen molar-refractivity contribution in [3.63, 3.8) is 0 Å². The van der Waals surface area contributed by atoms with Crippen LogP contribution in [-0.4, -0.2) is 54.2 Å². The molecule has 12 heteroatoms. The van der Waals surface area contributed by atoms with Crippen molar-refractivity contribution in [2.24, 2.45) is 0 Å². The molecule has 1 atom stereocenters. The molecule has 1 saturated heterocycles. The van der Waals surface area contributed by atoms with Gasteiger partial charge in [0.15, 0.2) is 5.13 Å². The molecule has 2 aliphatic rings. The number of rotatable bonds is 6. The standard InChI is InChI=1S/C24H23N5O5S2/c1-14-7-17(18-8-15(9-25)3-4-21(18)33-2)19(10-26-14)23(30)28-24-27-20-11-29(12-22(20)35-24)36(31,32)16-5-6-34-13-16/h3-4,7-8,10,16H,5-6,11-13H2,1-2H3,(H,27,28,30)/t16-/m1/s1. The summed E-state index contributed by atoms with van der Waals surface area (Å²) in [6.45, 7) is 2.90. The molecule has 2 aromatic heterocycles. The first-order valence-corrected chi connectivity index (χ1v) is 13.5. The number of hydrogen-bond donors (Lipinski definition) is 1. The second-order valence-electron chi connectivity index (χ2n) is 8.54. The SMILES string of the molecule is COc1ccc(C#N)cc1-c1cc(C)ncc1C(=O)Nc1nc2c(s1)CN(S(=O)(=O)[C@@H]1CCOC1)C2. The van der Waals surface area contributed by atoms with E-state index < -0.39 is 21.2 Å². The van der Waals surface area contributed by atoms with E-state index in [9.17, 15) is 18.5 Å². The summed E-state index contributed by atoms with van der Waals surface area (Å²) in [5.74, 6) is 0.109. The summed E-state index contributed by atoms with van der Waals surface area (Å²) in [6.07, 6.45) is 1.98. The number of carbonyl (C=O) groups is 1. The van der Waals surface area contributed by atoms with Crippen LogP contribution < -0.4 is 10.1 Å². The molecule has 0 aliphatic carbocycles. The Morgan fingerprint density at radius 2 is 2.14 bits per heavy atom. The number of aromatic nitrogens is 2. The van der Waals surface area contributed by atoms with Crippen molar-refractivity contribution in [2.45, 2.75) is 31.7 Å². The van der Waals surface area contributed by atoms with Gasteiger partial charge < -0.3 is 9.47 Å². The molecule has 1 N–H and O–H groups in total. The largest absolute Gasteiger partial charge is 0.496 e. The van der Waals surface area contributed by atoms with Crippen molar-refractivity contribution in [1.29, 1.82) is 5.26 Å². The molecule has 0 spiro atoms. The van der Waals surface area contributed by atoms with Crippen molar-refractivity contribution in [2.75, 3.05) is 25.6 Å². The van der Waals surface area contributed by atoms with E-state index in [2.05, 4.69) is 21.4 Å². The fraction of sp³-hybridized carbons (Fsp3) is 0.333. The lowest BCUT2D eigenvalue weighted by Gasteiger charge is -2.19. The van der Waals surface area contributed by atoms with Gasteiger partial charge in [-0.1, -0.05) is 11.3 Å². The van der Waals surface area contributed by atoms with E-state index in [0.717, 1.165) is 4.88 Å². The summed E-state index contributed by atoms with van der Waals surface area (Å²) in [6, 6.07) is 8.89. The van der Waals surface area contributed by atoms with Crippen molar-refractivity contribution in [3.8, 4) is 22.9 Å². The maximum atomic E-state index is 13.3.